The highest BCUT2D eigenvalue weighted by Crippen LogP contribution is 2.13. The third-order valence-corrected chi connectivity index (χ3v) is 1.92. The van der Waals surface area contributed by atoms with E-state index in [2.05, 4.69) is 30.7 Å². The predicted octanol–water partition coefficient (Wildman–Crippen LogP) is 1.11. The van der Waals surface area contributed by atoms with Gasteiger partial charge in [0.1, 0.15) is 0 Å². The Kier molecular flexibility index (Phi) is 2.46. The second-order valence-electron chi connectivity index (χ2n) is 3.09. The maximum Gasteiger partial charge on any atom is 0.0340 e. The Labute approximate surface area is 63.1 Å². The van der Waals surface area contributed by atoms with Gasteiger partial charge >= 0.3 is 0 Å². The molecular formula is C8H16N2. The van der Waals surface area contributed by atoms with Crippen LogP contribution in [0.15, 0.2) is 12.2 Å². The summed E-state index contributed by atoms with van der Waals surface area (Å²) in [6.45, 7) is 6.21. The van der Waals surface area contributed by atoms with Gasteiger partial charge in [-0.15, -0.1) is 0 Å². The van der Waals surface area contributed by atoms with Crippen LogP contribution in [0.4, 0.5) is 0 Å². The zero-order valence-electron chi connectivity index (χ0n) is 6.93. The van der Waals surface area contributed by atoms with Crippen molar-refractivity contribution in [2.75, 3.05) is 27.2 Å². The van der Waals surface area contributed by atoms with Crippen LogP contribution >= 0.6 is 0 Å². The fourth-order valence-corrected chi connectivity index (χ4v) is 1.27. The van der Waals surface area contributed by atoms with Crippen molar-refractivity contribution in [2.24, 2.45) is 0 Å². The smallest absolute Gasteiger partial charge is 0.0340 e. The Morgan fingerprint density at radius 1 is 1.50 bits per heavy atom. The van der Waals surface area contributed by atoms with Gasteiger partial charge in [-0.2, -0.15) is 0 Å². The topological polar surface area (TPSA) is 6.48 Å². The van der Waals surface area contributed by atoms with Crippen LogP contribution in [0.2, 0.25) is 0 Å². The third-order valence-electron chi connectivity index (χ3n) is 1.92. The summed E-state index contributed by atoms with van der Waals surface area (Å²) in [5, 5.41) is 4.45. The number of rotatable bonds is 1. The predicted molar refractivity (Wildman–Crippen MR) is 43.6 cm³/mol. The number of nitrogens with zero attached hydrogens (tertiary/aromatic N) is 2. The summed E-state index contributed by atoms with van der Waals surface area (Å²) < 4.78 is 0. The van der Waals surface area contributed by atoms with Gasteiger partial charge in [-0.05, 0) is 12.8 Å². The molecule has 0 spiro atoms. The molecule has 1 rings (SSSR count). The molecule has 0 radical (unpaired) electrons. The lowest BCUT2D eigenvalue weighted by molar-refractivity contribution is 0.0239. The Hall–Kier alpha value is -0.340. The van der Waals surface area contributed by atoms with Gasteiger partial charge in [-0.1, -0.05) is 12.2 Å². The molecule has 0 aromatic carbocycles. The van der Waals surface area contributed by atoms with Crippen LogP contribution in [0, 0.1) is 0 Å². The Morgan fingerprint density at radius 3 is 2.60 bits per heavy atom. The van der Waals surface area contributed by atoms with E-state index in [1.807, 2.05) is 0 Å². The summed E-state index contributed by atoms with van der Waals surface area (Å²) in [7, 11) is 4.16. The zero-order chi connectivity index (χ0) is 7.56. The summed E-state index contributed by atoms with van der Waals surface area (Å²) in [5.41, 5.74) is 1.36. The highest BCUT2D eigenvalue weighted by Gasteiger charge is 2.13. The highest BCUT2D eigenvalue weighted by molar-refractivity contribution is 4.99. The molecule has 0 atom stereocenters. The molecule has 0 bridgehead atoms. The second-order valence-corrected chi connectivity index (χ2v) is 3.09. The summed E-state index contributed by atoms with van der Waals surface area (Å²) in [6.07, 6.45) is 2.47. The minimum absolute atomic E-state index is 1.05. The summed E-state index contributed by atoms with van der Waals surface area (Å²) in [6, 6.07) is 0. The van der Waals surface area contributed by atoms with E-state index in [4.69, 9.17) is 0 Å². The average Bonchev–Trinajstić information content (AvgIpc) is 1.88. The van der Waals surface area contributed by atoms with E-state index in [0.717, 1.165) is 6.54 Å². The van der Waals surface area contributed by atoms with Gasteiger partial charge in [0.15, 0.2) is 0 Å². The minimum atomic E-state index is 1.05. The quantitative estimate of drug-likeness (QED) is 0.503. The zero-order valence-corrected chi connectivity index (χ0v) is 6.93. The van der Waals surface area contributed by atoms with Crippen LogP contribution in [0.25, 0.3) is 0 Å². The van der Waals surface area contributed by atoms with Crippen molar-refractivity contribution in [1.82, 2.24) is 10.0 Å². The van der Waals surface area contributed by atoms with Crippen LogP contribution in [-0.4, -0.2) is 37.2 Å². The van der Waals surface area contributed by atoms with Crippen LogP contribution in [0.3, 0.4) is 0 Å². The van der Waals surface area contributed by atoms with Crippen molar-refractivity contribution in [3.8, 4) is 0 Å². The molecule has 1 saturated heterocycles. The van der Waals surface area contributed by atoms with Crippen LogP contribution < -0.4 is 0 Å². The highest BCUT2D eigenvalue weighted by atomic mass is 15.6. The molecule has 0 N–H and O–H groups in total. The van der Waals surface area contributed by atoms with Gasteiger partial charge in [0.05, 0.1) is 0 Å². The van der Waals surface area contributed by atoms with Gasteiger partial charge in [-0.25, -0.2) is 10.0 Å². The lowest BCUT2D eigenvalue weighted by atomic mass is 10.1. The van der Waals surface area contributed by atoms with E-state index in [9.17, 15) is 0 Å². The number of hydrazine groups is 1. The SMILES string of the molecule is C=C1CCCN(N(C)C)C1. The fourth-order valence-electron chi connectivity index (χ4n) is 1.27. The monoisotopic (exact) mass is 140 g/mol. The van der Waals surface area contributed by atoms with Crippen LogP contribution in [-0.2, 0) is 0 Å². The third kappa shape index (κ3) is 1.82. The molecule has 2 nitrogen and oxygen atoms in total. The molecule has 1 fully saturated rings. The fraction of sp³-hybridized carbons (Fsp3) is 0.750. The molecule has 0 unspecified atom stereocenters. The normalized spacial score (nSPS) is 22.1. The Balaban J connectivity index is 2.39. The van der Waals surface area contributed by atoms with E-state index in [0.29, 0.717) is 0 Å². The first-order chi connectivity index (χ1) is 4.70. The van der Waals surface area contributed by atoms with E-state index in [1.165, 1.54) is 25.0 Å². The first kappa shape index (κ1) is 7.76. The molecule has 1 aliphatic heterocycles. The summed E-state index contributed by atoms with van der Waals surface area (Å²) in [4.78, 5) is 0. The van der Waals surface area contributed by atoms with E-state index in [1.54, 1.807) is 0 Å². The molecule has 58 valence electrons. The lowest BCUT2D eigenvalue weighted by Crippen LogP contribution is -2.41. The van der Waals surface area contributed by atoms with Crippen LogP contribution in [0.5, 0.6) is 0 Å². The molecule has 0 amide bonds. The van der Waals surface area contributed by atoms with Crippen molar-refractivity contribution in [2.45, 2.75) is 12.8 Å². The number of piperidine rings is 1. The Morgan fingerprint density at radius 2 is 2.20 bits per heavy atom. The van der Waals surface area contributed by atoms with Gasteiger partial charge < -0.3 is 0 Å². The van der Waals surface area contributed by atoms with Crippen molar-refractivity contribution in [1.29, 1.82) is 0 Å². The maximum absolute atomic E-state index is 3.98. The first-order valence-electron chi connectivity index (χ1n) is 3.79. The summed E-state index contributed by atoms with van der Waals surface area (Å²) >= 11 is 0. The van der Waals surface area contributed by atoms with Crippen molar-refractivity contribution in [3.63, 3.8) is 0 Å². The average molecular weight is 140 g/mol. The molecule has 0 aromatic rings. The minimum Gasteiger partial charge on any atom is -0.248 e. The molecule has 0 aromatic heterocycles. The number of hydrogen-bond acceptors (Lipinski definition) is 2. The summed E-state index contributed by atoms with van der Waals surface area (Å²) in [5.74, 6) is 0. The van der Waals surface area contributed by atoms with Crippen molar-refractivity contribution >= 4 is 0 Å². The second kappa shape index (κ2) is 3.17. The van der Waals surface area contributed by atoms with Crippen molar-refractivity contribution in [3.05, 3.63) is 12.2 Å². The maximum atomic E-state index is 3.98. The molecule has 1 heterocycles. The first-order valence-corrected chi connectivity index (χ1v) is 3.79. The van der Waals surface area contributed by atoms with E-state index < -0.39 is 0 Å². The van der Waals surface area contributed by atoms with E-state index in [-0.39, 0.29) is 0 Å². The van der Waals surface area contributed by atoms with Gasteiger partial charge in [0.25, 0.3) is 0 Å². The van der Waals surface area contributed by atoms with Crippen molar-refractivity contribution < 1.29 is 0 Å². The molecular weight excluding hydrogens is 124 g/mol. The molecule has 1 aliphatic rings. The molecule has 2 heteroatoms. The largest absolute Gasteiger partial charge is 0.248 e. The van der Waals surface area contributed by atoms with Gasteiger partial charge in [-0.3, -0.25) is 0 Å². The lowest BCUT2D eigenvalue weighted by Gasteiger charge is -2.33. The van der Waals surface area contributed by atoms with Gasteiger partial charge in [0.2, 0.25) is 0 Å². The Bertz CT molecular complexity index is 129. The molecule has 0 saturated carbocycles. The molecule has 0 aliphatic carbocycles. The van der Waals surface area contributed by atoms with Gasteiger partial charge in [0, 0.05) is 27.2 Å². The molecule has 10 heavy (non-hydrogen) atoms. The number of hydrogen-bond donors (Lipinski definition) is 0. The standard InChI is InChI=1S/C8H16N2/c1-8-5-4-6-10(7-8)9(2)3/h1,4-7H2,2-3H3. The van der Waals surface area contributed by atoms with Crippen LogP contribution in [0.1, 0.15) is 12.8 Å². The van der Waals surface area contributed by atoms with E-state index >= 15 is 0 Å².